The van der Waals surface area contributed by atoms with Crippen molar-refractivity contribution in [3.63, 3.8) is 0 Å². The number of anilines is 1. The first-order valence-corrected chi connectivity index (χ1v) is 10.7. The number of nitrogens with zero attached hydrogens (tertiary/aromatic N) is 2. The van der Waals surface area contributed by atoms with Crippen LogP contribution < -0.4 is 20.3 Å². The average Bonchev–Trinajstić information content (AvgIpc) is 2.76. The first-order chi connectivity index (χ1) is 14.6. The lowest BCUT2D eigenvalue weighted by Gasteiger charge is -2.38. The Hall–Kier alpha value is -2.00. The number of hydrogen-bond acceptors (Lipinski definition) is 4. The van der Waals surface area contributed by atoms with Crippen molar-refractivity contribution >= 4 is 35.6 Å². The fourth-order valence-corrected chi connectivity index (χ4v) is 4.24. The van der Waals surface area contributed by atoms with Crippen LogP contribution in [-0.2, 0) is 11.3 Å². The largest absolute Gasteiger partial charge is 0.487 e. The number of hydrogen-bond donors (Lipinski definition) is 2. The minimum Gasteiger partial charge on any atom is -0.487 e. The van der Waals surface area contributed by atoms with Gasteiger partial charge in [-0.05, 0) is 31.5 Å². The molecule has 1 fully saturated rings. The monoisotopic (exact) mass is 536 g/mol. The van der Waals surface area contributed by atoms with Gasteiger partial charge in [0.25, 0.3) is 0 Å². The lowest BCUT2D eigenvalue weighted by atomic mass is 9.90. The van der Waals surface area contributed by atoms with Crippen LogP contribution in [0.1, 0.15) is 37.4 Å². The smallest absolute Gasteiger partial charge is 0.191 e. The number of benzene rings is 2. The van der Waals surface area contributed by atoms with Gasteiger partial charge in [-0.25, -0.2) is 0 Å². The molecule has 1 unspecified atom stereocenters. The van der Waals surface area contributed by atoms with E-state index >= 15 is 0 Å². The molecule has 2 aliphatic rings. The first kappa shape index (κ1) is 23.7. The van der Waals surface area contributed by atoms with E-state index in [1.54, 1.807) is 0 Å². The van der Waals surface area contributed by atoms with Crippen LogP contribution in [0.25, 0.3) is 0 Å². The molecule has 2 aliphatic heterocycles. The maximum Gasteiger partial charge on any atom is 0.191 e. The molecular formula is C24H33IN4O2. The SMILES string of the molecule is CN=C(NCc1ccccc1N1CCOCC1)NC1CC(C)(C)Oc2ccccc21.I. The molecule has 1 saturated heterocycles. The van der Waals surface area contributed by atoms with Crippen molar-refractivity contribution in [2.24, 2.45) is 4.99 Å². The molecule has 0 radical (unpaired) electrons. The third-order valence-electron chi connectivity index (χ3n) is 5.70. The molecule has 7 heteroatoms. The molecule has 4 rings (SSSR count). The van der Waals surface area contributed by atoms with Gasteiger partial charge in [0.15, 0.2) is 5.96 Å². The lowest BCUT2D eigenvalue weighted by molar-refractivity contribution is 0.0694. The van der Waals surface area contributed by atoms with Gasteiger partial charge in [-0.3, -0.25) is 4.99 Å². The molecule has 168 valence electrons. The summed E-state index contributed by atoms with van der Waals surface area (Å²) in [5.74, 6) is 1.74. The van der Waals surface area contributed by atoms with Crippen LogP contribution in [0.5, 0.6) is 5.75 Å². The zero-order chi connectivity index (χ0) is 21.0. The third-order valence-corrected chi connectivity index (χ3v) is 5.70. The van der Waals surface area contributed by atoms with E-state index in [1.165, 1.54) is 16.8 Å². The summed E-state index contributed by atoms with van der Waals surface area (Å²) in [5.41, 5.74) is 3.47. The van der Waals surface area contributed by atoms with E-state index in [4.69, 9.17) is 9.47 Å². The highest BCUT2D eigenvalue weighted by Crippen LogP contribution is 2.39. The van der Waals surface area contributed by atoms with E-state index in [0.717, 1.165) is 44.4 Å². The number of guanidine groups is 1. The number of nitrogens with one attached hydrogen (secondary N) is 2. The predicted molar refractivity (Wildman–Crippen MR) is 137 cm³/mol. The molecular weight excluding hydrogens is 503 g/mol. The fourth-order valence-electron chi connectivity index (χ4n) is 4.24. The van der Waals surface area contributed by atoms with Crippen LogP contribution in [0.2, 0.25) is 0 Å². The van der Waals surface area contributed by atoms with Crippen molar-refractivity contribution in [1.82, 2.24) is 10.6 Å². The van der Waals surface area contributed by atoms with Crippen LogP contribution in [0.3, 0.4) is 0 Å². The molecule has 2 N–H and O–H groups in total. The number of aliphatic imine (C=N–C) groups is 1. The molecule has 2 heterocycles. The van der Waals surface area contributed by atoms with Crippen molar-refractivity contribution < 1.29 is 9.47 Å². The molecule has 1 atom stereocenters. The van der Waals surface area contributed by atoms with Gasteiger partial charge < -0.3 is 25.0 Å². The van der Waals surface area contributed by atoms with Gasteiger partial charge >= 0.3 is 0 Å². The number of halogens is 1. The number of ether oxygens (including phenoxy) is 2. The lowest BCUT2D eigenvalue weighted by Crippen LogP contribution is -2.45. The Kier molecular flexibility index (Phi) is 8.05. The van der Waals surface area contributed by atoms with Gasteiger partial charge in [-0.2, -0.15) is 0 Å². The first-order valence-electron chi connectivity index (χ1n) is 10.7. The van der Waals surface area contributed by atoms with Crippen LogP contribution >= 0.6 is 24.0 Å². The molecule has 0 spiro atoms. The summed E-state index contributed by atoms with van der Waals surface area (Å²) in [5, 5.41) is 7.12. The Morgan fingerprint density at radius 2 is 1.81 bits per heavy atom. The van der Waals surface area contributed by atoms with Gasteiger partial charge in [0.05, 0.1) is 19.3 Å². The van der Waals surface area contributed by atoms with Crippen LogP contribution in [0.15, 0.2) is 53.5 Å². The summed E-state index contributed by atoms with van der Waals surface area (Å²) in [6, 6.07) is 17.0. The highest BCUT2D eigenvalue weighted by Gasteiger charge is 2.34. The molecule has 31 heavy (non-hydrogen) atoms. The van der Waals surface area contributed by atoms with E-state index < -0.39 is 0 Å². The van der Waals surface area contributed by atoms with Crippen LogP contribution in [0, 0.1) is 0 Å². The standard InChI is InChI=1S/C24H32N4O2.HI/c1-24(2)16-20(19-9-5-7-11-22(19)30-24)27-23(25-3)26-17-18-8-4-6-10-21(18)28-12-14-29-15-13-28;/h4-11,20H,12-17H2,1-3H3,(H2,25,26,27);1H. The van der Waals surface area contributed by atoms with Gasteiger partial charge in [0.1, 0.15) is 11.4 Å². The second-order valence-corrected chi connectivity index (χ2v) is 8.45. The molecule has 0 bridgehead atoms. The zero-order valence-corrected chi connectivity index (χ0v) is 20.9. The Balaban J connectivity index is 0.00000272. The van der Waals surface area contributed by atoms with E-state index in [9.17, 15) is 0 Å². The van der Waals surface area contributed by atoms with E-state index in [0.29, 0.717) is 6.54 Å². The van der Waals surface area contributed by atoms with Gasteiger partial charge in [-0.15, -0.1) is 24.0 Å². The highest BCUT2D eigenvalue weighted by molar-refractivity contribution is 14.0. The molecule has 0 amide bonds. The second-order valence-electron chi connectivity index (χ2n) is 8.45. The maximum absolute atomic E-state index is 6.16. The van der Waals surface area contributed by atoms with Gasteiger partial charge in [0.2, 0.25) is 0 Å². The van der Waals surface area contributed by atoms with Crippen molar-refractivity contribution in [3.05, 3.63) is 59.7 Å². The second kappa shape index (κ2) is 10.5. The van der Waals surface area contributed by atoms with Crippen LogP contribution in [0.4, 0.5) is 5.69 Å². The summed E-state index contributed by atoms with van der Waals surface area (Å²) >= 11 is 0. The van der Waals surface area contributed by atoms with Crippen molar-refractivity contribution in [3.8, 4) is 5.75 Å². The Morgan fingerprint density at radius 1 is 1.10 bits per heavy atom. The summed E-state index contributed by atoms with van der Waals surface area (Å²) in [6.07, 6.45) is 0.870. The Labute approximate surface area is 202 Å². The predicted octanol–water partition coefficient (Wildman–Crippen LogP) is 4.11. The van der Waals surface area contributed by atoms with Gasteiger partial charge in [0, 0.05) is 44.4 Å². The molecule has 2 aromatic rings. The summed E-state index contributed by atoms with van der Waals surface area (Å²) in [6.45, 7) is 8.39. The Morgan fingerprint density at radius 3 is 2.58 bits per heavy atom. The number of para-hydroxylation sites is 2. The minimum absolute atomic E-state index is 0. The van der Waals surface area contributed by atoms with Gasteiger partial charge in [-0.1, -0.05) is 36.4 Å². The molecule has 0 saturated carbocycles. The average molecular weight is 536 g/mol. The van der Waals surface area contributed by atoms with E-state index in [2.05, 4.69) is 70.8 Å². The molecule has 2 aromatic carbocycles. The normalized spacial score (nSPS) is 20.2. The summed E-state index contributed by atoms with van der Waals surface area (Å²) < 4.78 is 11.7. The van der Waals surface area contributed by atoms with E-state index in [1.807, 2.05) is 19.2 Å². The number of morpholine rings is 1. The minimum atomic E-state index is -0.228. The molecule has 6 nitrogen and oxygen atoms in total. The van der Waals surface area contributed by atoms with E-state index in [-0.39, 0.29) is 35.6 Å². The topological polar surface area (TPSA) is 58.1 Å². The quantitative estimate of drug-likeness (QED) is 0.350. The maximum atomic E-state index is 6.16. The third kappa shape index (κ3) is 5.83. The fraction of sp³-hybridized carbons (Fsp3) is 0.458. The number of fused-ring (bicyclic) bond motifs is 1. The van der Waals surface area contributed by atoms with Crippen LogP contribution in [-0.4, -0.2) is 44.9 Å². The molecule has 0 aliphatic carbocycles. The Bertz CT molecular complexity index is 897. The number of rotatable bonds is 4. The van der Waals surface area contributed by atoms with Crippen molar-refractivity contribution in [1.29, 1.82) is 0 Å². The van der Waals surface area contributed by atoms with Crippen molar-refractivity contribution in [2.75, 3.05) is 38.3 Å². The zero-order valence-electron chi connectivity index (χ0n) is 18.6. The van der Waals surface area contributed by atoms with Crippen molar-refractivity contribution in [2.45, 2.75) is 38.5 Å². The summed E-state index contributed by atoms with van der Waals surface area (Å²) in [4.78, 5) is 6.88. The molecule has 0 aromatic heterocycles. The summed E-state index contributed by atoms with van der Waals surface area (Å²) in [7, 11) is 1.82. The highest BCUT2D eigenvalue weighted by atomic mass is 127.